The van der Waals surface area contributed by atoms with Crippen molar-refractivity contribution in [1.82, 2.24) is 4.98 Å². The van der Waals surface area contributed by atoms with Crippen LogP contribution in [0.3, 0.4) is 0 Å². The minimum absolute atomic E-state index is 0.560. The molecule has 182 valence electrons. The van der Waals surface area contributed by atoms with Gasteiger partial charge in [0.05, 0.1) is 18.1 Å². The molecule has 1 aromatic heterocycles. The van der Waals surface area contributed by atoms with Crippen LogP contribution in [0.2, 0.25) is 0 Å². The molecule has 0 saturated carbocycles. The SMILES string of the molecule is CS(=O)(=O)O.CS(=O)(=O)O.Cc1c(Nc2ccccc2)nc(Nc2ccccc2)c(C#N)c1C. The molecule has 2 aromatic carbocycles. The van der Waals surface area contributed by atoms with E-state index in [0.717, 1.165) is 28.3 Å². The molecule has 34 heavy (non-hydrogen) atoms. The molecule has 0 radical (unpaired) electrons. The van der Waals surface area contributed by atoms with E-state index in [2.05, 4.69) is 21.7 Å². The fraction of sp³-hybridized carbons (Fsp3) is 0.182. The third-order valence-corrected chi connectivity index (χ3v) is 3.94. The summed E-state index contributed by atoms with van der Waals surface area (Å²) in [7, 11) is -7.33. The summed E-state index contributed by atoms with van der Waals surface area (Å²) in [4.78, 5) is 4.65. The quantitative estimate of drug-likeness (QED) is 0.378. The van der Waals surface area contributed by atoms with Crippen molar-refractivity contribution < 1.29 is 25.9 Å². The highest BCUT2D eigenvalue weighted by Crippen LogP contribution is 2.29. The van der Waals surface area contributed by atoms with E-state index in [9.17, 15) is 22.1 Å². The fourth-order valence-electron chi connectivity index (χ4n) is 2.46. The number of pyridine rings is 1. The molecule has 0 aliphatic heterocycles. The maximum Gasteiger partial charge on any atom is 0.261 e. The van der Waals surface area contributed by atoms with Gasteiger partial charge in [-0.25, -0.2) is 4.98 Å². The highest BCUT2D eigenvalue weighted by Gasteiger charge is 2.14. The van der Waals surface area contributed by atoms with Crippen LogP contribution >= 0.6 is 0 Å². The van der Waals surface area contributed by atoms with Crippen LogP contribution in [-0.2, 0) is 20.2 Å². The number of rotatable bonds is 4. The third-order valence-electron chi connectivity index (χ3n) is 3.94. The van der Waals surface area contributed by atoms with Gasteiger partial charge in [-0.05, 0) is 49.2 Å². The van der Waals surface area contributed by atoms with Gasteiger partial charge in [0.2, 0.25) is 0 Å². The lowest BCUT2D eigenvalue weighted by Crippen LogP contribution is -2.05. The molecule has 0 aliphatic rings. The van der Waals surface area contributed by atoms with Crippen LogP contribution in [0.5, 0.6) is 0 Å². The Bertz CT molecular complexity index is 1290. The Kier molecular flexibility index (Phi) is 10.6. The Hall–Kier alpha value is -3.50. The lowest BCUT2D eigenvalue weighted by Gasteiger charge is -2.16. The maximum atomic E-state index is 9.53. The van der Waals surface area contributed by atoms with E-state index in [1.807, 2.05) is 74.5 Å². The predicted octanol–water partition coefficient (Wildman–Crippen LogP) is 4.07. The number of aromatic nitrogens is 1. The van der Waals surface area contributed by atoms with Gasteiger partial charge in [-0.15, -0.1) is 0 Å². The Morgan fingerprint density at radius 2 is 1.09 bits per heavy atom. The number of hydrogen-bond donors (Lipinski definition) is 4. The fourth-order valence-corrected chi connectivity index (χ4v) is 2.46. The van der Waals surface area contributed by atoms with Gasteiger partial charge in [0.15, 0.2) is 5.82 Å². The zero-order chi connectivity index (χ0) is 25.9. The predicted molar refractivity (Wildman–Crippen MR) is 133 cm³/mol. The van der Waals surface area contributed by atoms with Crippen LogP contribution < -0.4 is 10.6 Å². The number of para-hydroxylation sites is 2. The molecule has 4 N–H and O–H groups in total. The van der Waals surface area contributed by atoms with Crippen molar-refractivity contribution in [3.8, 4) is 6.07 Å². The number of nitrogens with zero attached hydrogens (tertiary/aromatic N) is 2. The van der Waals surface area contributed by atoms with Gasteiger partial charge in [0.25, 0.3) is 20.2 Å². The smallest absolute Gasteiger partial charge is 0.261 e. The largest absolute Gasteiger partial charge is 0.340 e. The van der Waals surface area contributed by atoms with Gasteiger partial charge >= 0.3 is 0 Å². The van der Waals surface area contributed by atoms with Gasteiger partial charge < -0.3 is 10.6 Å². The first-order chi connectivity index (χ1) is 15.7. The van der Waals surface area contributed by atoms with Gasteiger partial charge in [0.1, 0.15) is 11.9 Å². The highest BCUT2D eigenvalue weighted by molar-refractivity contribution is 7.85. The summed E-state index contributed by atoms with van der Waals surface area (Å²) >= 11 is 0. The summed E-state index contributed by atoms with van der Waals surface area (Å²) < 4.78 is 51.7. The molecule has 3 rings (SSSR count). The minimum Gasteiger partial charge on any atom is -0.340 e. The number of nitrogens with one attached hydrogen (secondary N) is 2. The van der Waals surface area contributed by atoms with Crippen LogP contribution in [0.15, 0.2) is 60.7 Å². The maximum absolute atomic E-state index is 9.53. The molecule has 0 fully saturated rings. The summed E-state index contributed by atoms with van der Waals surface area (Å²) in [5.41, 5.74) is 4.31. The monoisotopic (exact) mass is 506 g/mol. The van der Waals surface area contributed by atoms with Crippen molar-refractivity contribution in [3.05, 3.63) is 77.4 Å². The molecular weight excluding hydrogens is 480 g/mol. The number of nitriles is 1. The van der Waals surface area contributed by atoms with Crippen molar-refractivity contribution in [2.75, 3.05) is 23.1 Å². The van der Waals surface area contributed by atoms with Crippen molar-refractivity contribution >= 4 is 43.2 Å². The van der Waals surface area contributed by atoms with Gasteiger partial charge in [-0.2, -0.15) is 22.1 Å². The number of hydrogen-bond acceptors (Lipinski definition) is 8. The van der Waals surface area contributed by atoms with E-state index in [0.29, 0.717) is 23.9 Å². The zero-order valence-electron chi connectivity index (χ0n) is 19.0. The number of anilines is 4. The Morgan fingerprint density at radius 3 is 1.44 bits per heavy atom. The number of benzene rings is 2. The van der Waals surface area contributed by atoms with E-state index in [1.54, 1.807) is 0 Å². The molecule has 0 unspecified atom stereocenters. The first-order valence-corrected chi connectivity index (χ1v) is 13.3. The van der Waals surface area contributed by atoms with Crippen molar-refractivity contribution in [1.29, 1.82) is 5.26 Å². The first-order valence-electron chi connectivity index (χ1n) is 9.59. The summed E-state index contributed by atoms with van der Waals surface area (Å²) in [6.07, 6.45) is 1.43. The average molecular weight is 507 g/mol. The van der Waals surface area contributed by atoms with Crippen molar-refractivity contribution in [2.45, 2.75) is 13.8 Å². The second kappa shape index (κ2) is 12.7. The molecular formula is C22H26N4O6S2. The van der Waals surface area contributed by atoms with E-state index < -0.39 is 20.2 Å². The minimum atomic E-state index is -3.67. The van der Waals surface area contributed by atoms with Crippen molar-refractivity contribution in [3.63, 3.8) is 0 Å². The normalized spacial score (nSPS) is 10.5. The molecule has 10 nitrogen and oxygen atoms in total. The summed E-state index contributed by atoms with van der Waals surface area (Å²) in [5, 5.41) is 16.1. The highest BCUT2D eigenvalue weighted by atomic mass is 32.2. The summed E-state index contributed by atoms with van der Waals surface area (Å²) in [6.45, 7) is 3.92. The van der Waals surface area contributed by atoms with Crippen molar-refractivity contribution in [2.24, 2.45) is 0 Å². The topological polar surface area (TPSA) is 169 Å². The molecule has 0 atom stereocenters. The van der Waals surface area contributed by atoms with Crippen LogP contribution in [0.4, 0.5) is 23.0 Å². The van der Waals surface area contributed by atoms with Crippen LogP contribution in [0.1, 0.15) is 16.7 Å². The van der Waals surface area contributed by atoms with E-state index >= 15 is 0 Å². The van der Waals surface area contributed by atoms with E-state index in [-0.39, 0.29) is 0 Å². The second-order valence-corrected chi connectivity index (χ2v) is 9.93. The molecule has 0 amide bonds. The molecule has 1 heterocycles. The Morgan fingerprint density at radius 1 is 0.735 bits per heavy atom. The third kappa shape index (κ3) is 11.9. The first kappa shape index (κ1) is 28.5. The van der Waals surface area contributed by atoms with Gasteiger partial charge in [-0.1, -0.05) is 36.4 Å². The Labute approximate surface area is 199 Å². The van der Waals surface area contributed by atoms with Gasteiger partial charge in [-0.3, -0.25) is 9.11 Å². The van der Waals surface area contributed by atoms with Crippen LogP contribution in [-0.4, -0.2) is 43.4 Å². The molecule has 3 aromatic rings. The molecule has 0 aliphatic carbocycles. The van der Waals surface area contributed by atoms with Gasteiger partial charge in [0, 0.05) is 11.4 Å². The average Bonchev–Trinajstić information content (AvgIpc) is 2.71. The standard InChI is InChI=1S/C20H18N4.2CH4O3S/c1-14-15(2)19(22-16-9-5-3-6-10-16)24-20(18(14)13-21)23-17-11-7-4-8-12-17;2*1-5(2,3)4/h3-12H,1-2H3,(H2,22,23,24);2*1H3,(H,2,3,4). The van der Waals surface area contributed by atoms with Crippen LogP contribution in [0, 0.1) is 25.2 Å². The Balaban J connectivity index is 0.000000489. The molecule has 0 spiro atoms. The van der Waals surface area contributed by atoms with E-state index in [4.69, 9.17) is 9.11 Å². The zero-order valence-corrected chi connectivity index (χ0v) is 20.6. The molecule has 12 heteroatoms. The molecule has 0 bridgehead atoms. The van der Waals surface area contributed by atoms with Crippen LogP contribution in [0.25, 0.3) is 0 Å². The molecule has 0 saturated heterocycles. The summed E-state index contributed by atoms with van der Waals surface area (Å²) in [6, 6.07) is 21.9. The lowest BCUT2D eigenvalue weighted by molar-refractivity contribution is 0.488. The summed E-state index contributed by atoms with van der Waals surface area (Å²) in [5.74, 6) is 1.31. The lowest BCUT2D eigenvalue weighted by atomic mass is 10.1. The second-order valence-electron chi connectivity index (χ2n) is 6.99. The van der Waals surface area contributed by atoms with E-state index in [1.165, 1.54) is 0 Å².